The Morgan fingerprint density at radius 3 is 2.06 bits per heavy atom. The van der Waals surface area contributed by atoms with Crippen molar-refractivity contribution in [3.05, 3.63) is 11.6 Å². The van der Waals surface area contributed by atoms with Gasteiger partial charge < -0.3 is 0 Å². The van der Waals surface area contributed by atoms with Crippen molar-refractivity contribution < 1.29 is 31.1 Å². The highest BCUT2D eigenvalue weighted by atomic mass is 19.4. The Morgan fingerprint density at radius 1 is 1.00 bits per heavy atom. The molecule has 0 atom stereocenters. The van der Waals surface area contributed by atoms with E-state index in [1.165, 1.54) is 6.08 Å². The number of rotatable bonds is 2. The second-order valence-electron chi connectivity index (χ2n) is 4.21. The minimum atomic E-state index is -5.59. The van der Waals surface area contributed by atoms with Crippen LogP contribution in [-0.2, 0) is 4.79 Å². The van der Waals surface area contributed by atoms with Crippen LogP contribution in [0.15, 0.2) is 11.6 Å². The lowest BCUT2D eigenvalue weighted by Crippen LogP contribution is -2.43. The Bertz CT molecular complexity index is 324. The number of carbonyl (C=O) groups is 1. The highest BCUT2D eigenvalue weighted by Crippen LogP contribution is 2.41. The molecular formula is C11H12F6O. The van der Waals surface area contributed by atoms with Gasteiger partial charge in [-0.25, -0.2) is 0 Å². The molecule has 0 radical (unpaired) electrons. The quantitative estimate of drug-likeness (QED) is 0.690. The molecule has 1 nitrogen and oxygen atoms in total. The van der Waals surface area contributed by atoms with Crippen molar-refractivity contribution in [3.63, 3.8) is 0 Å². The molecule has 0 aromatic heterocycles. The number of allylic oxidation sites excluding steroid dienone is 2. The predicted molar refractivity (Wildman–Crippen MR) is 51.8 cm³/mol. The van der Waals surface area contributed by atoms with Crippen LogP contribution in [0.1, 0.15) is 32.1 Å². The Balaban J connectivity index is 2.99. The average Bonchev–Trinajstić information content (AvgIpc) is 2.40. The zero-order chi connectivity index (χ0) is 14.0. The molecule has 0 bridgehead atoms. The van der Waals surface area contributed by atoms with Gasteiger partial charge in [-0.3, -0.25) is 4.79 Å². The summed E-state index contributed by atoms with van der Waals surface area (Å²) in [5.74, 6) is -5.74. The van der Waals surface area contributed by atoms with Crippen molar-refractivity contribution in [1.82, 2.24) is 0 Å². The molecule has 1 rings (SSSR count). The van der Waals surface area contributed by atoms with Gasteiger partial charge in [0.2, 0.25) is 5.92 Å². The summed E-state index contributed by atoms with van der Waals surface area (Å²) >= 11 is 0. The fourth-order valence-corrected chi connectivity index (χ4v) is 1.91. The SMILES string of the molecule is O=C(C1=CCCCCC1)C(C(F)(F)F)C(F)(F)F. The molecule has 0 spiro atoms. The monoisotopic (exact) mass is 274 g/mol. The van der Waals surface area contributed by atoms with Gasteiger partial charge in [-0.15, -0.1) is 0 Å². The van der Waals surface area contributed by atoms with Gasteiger partial charge in [0.25, 0.3) is 0 Å². The summed E-state index contributed by atoms with van der Waals surface area (Å²) in [4.78, 5) is 11.4. The summed E-state index contributed by atoms with van der Waals surface area (Å²) in [5, 5.41) is 0. The van der Waals surface area contributed by atoms with Crippen molar-refractivity contribution in [2.45, 2.75) is 44.5 Å². The molecule has 0 aromatic rings. The maximum atomic E-state index is 12.4. The largest absolute Gasteiger partial charge is 0.407 e. The molecule has 0 saturated carbocycles. The molecule has 18 heavy (non-hydrogen) atoms. The highest BCUT2D eigenvalue weighted by Gasteiger charge is 2.61. The van der Waals surface area contributed by atoms with Crippen LogP contribution >= 0.6 is 0 Å². The maximum absolute atomic E-state index is 12.4. The van der Waals surface area contributed by atoms with Crippen LogP contribution in [0.5, 0.6) is 0 Å². The smallest absolute Gasteiger partial charge is 0.293 e. The summed E-state index contributed by atoms with van der Waals surface area (Å²) in [6.45, 7) is 0. The highest BCUT2D eigenvalue weighted by molar-refractivity contribution is 5.98. The summed E-state index contributed by atoms with van der Waals surface area (Å²) in [6, 6.07) is 0. The van der Waals surface area contributed by atoms with Gasteiger partial charge in [-0.1, -0.05) is 12.5 Å². The lowest BCUT2D eigenvalue weighted by Gasteiger charge is -2.22. The van der Waals surface area contributed by atoms with E-state index in [1.807, 2.05) is 0 Å². The van der Waals surface area contributed by atoms with Gasteiger partial charge >= 0.3 is 12.4 Å². The molecule has 0 saturated heterocycles. The van der Waals surface area contributed by atoms with E-state index >= 15 is 0 Å². The fourth-order valence-electron chi connectivity index (χ4n) is 1.91. The Morgan fingerprint density at radius 2 is 1.56 bits per heavy atom. The van der Waals surface area contributed by atoms with Crippen LogP contribution in [0.4, 0.5) is 26.3 Å². The first-order valence-electron chi connectivity index (χ1n) is 5.50. The molecule has 0 unspecified atom stereocenters. The third-order valence-corrected chi connectivity index (χ3v) is 2.77. The number of hydrogen-bond donors (Lipinski definition) is 0. The minimum Gasteiger partial charge on any atom is -0.293 e. The van der Waals surface area contributed by atoms with E-state index in [2.05, 4.69) is 0 Å². The standard InChI is InChI=1S/C11H12F6O/c12-10(13,14)9(11(15,16)17)8(18)7-5-3-1-2-4-6-7/h5,9H,1-4,6H2. The summed E-state index contributed by atoms with van der Waals surface area (Å²) in [5.41, 5.74) is -0.341. The Kier molecular flexibility index (Phi) is 4.45. The van der Waals surface area contributed by atoms with E-state index in [0.717, 1.165) is 0 Å². The van der Waals surface area contributed by atoms with Crippen LogP contribution in [0, 0.1) is 5.92 Å². The molecule has 7 heteroatoms. The predicted octanol–water partition coefficient (Wildman–Crippen LogP) is 4.19. The van der Waals surface area contributed by atoms with Crippen molar-refractivity contribution >= 4 is 5.78 Å². The maximum Gasteiger partial charge on any atom is 0.407 e. The first-order chi connectivity index (χ1) is 8.14. The molecule has 104 valence electrons. The van der Waals surface area contributed by atoms with Crippen molar-refractivity contribution in [2.24, 2.45) is 5.92 Å². The summed E-state index contributed by atoms with van der Waals surface area (Å²) in [6.07, 6.45) is -7.81. The second kappa shape index (κ2) is 5.32. The van der Waals surface area contributed by atoms with Crippen LogP contribution < -0.4 is 0 Å². The molecule has 0 fully saturated rings. The van der Waals surface area contributed by atoms with Crippen LogP contribution in [-0.4, -0.2) is 18.1 Å². The first kappa shape index (κ1) is 15.0. The minimum absolute atomic E-state index is 0.0124. The number of ketones is 1. The van der Waals surface area contributed by atoms with Crippen LogP contribution in [0.3, 0.4) is 0 Å². The number of Topliss-reactive ketones (excluding diaryl/α,β-unsaturated/α-hetero) is 1. The van der Waals surface area contributed by atoms with Crippen molar-refractivity contribution in [1.29, 1.82) is 0 Å². The van der Waals surface area contributed by atoms with E-state index in [1.54, 1.807) is 0 Å². The fraction of sp³-hybridized carbons (Fsp3) is 0.727. The van der Waals surface area contributed by atoms with E-state index in [0.29, 0.717) is 25.7 Å². The molecule has 0 aromatic carbocycles. The topological polar surface area (TPSA) is 17.1 Å². The third kappa shape index (κ3) is 3.74. The first-order valence-corrected chi connectivity index (χ1v) is 5.50. The van der Waals surface area contributed by atoms with E-state index in [9.17, 15) is 31.1 Å². The molecular weight excluding hydrogens is 262 g/mol. The molecule has 1 aliphatic carbocycles. The van der Waals surface area contributed by atoms with Crippen LogP contribution in [0.25, 0.3) is 0 Å². The van der Waals surface area contributed by atoms with Crippen LogP contribution in [0.2, 0.25) is 0 Å². The number of hydrogen-bond acceptors (Lipinski definition) is 1. The molecule has 0 amide bonds. The lowest BCUT2D eigenvalue weighted by molar-refractivity contribution is -0.272. The summed E-state index contributed by atoms with van der Waals surface area (Å²) < 4.78 is 74.1. The zero-order valence-electron chi connectivity index (χ0n) is 9.37. The van der Waals surface area contributed by atoms with E-state index in [-0.39, 0.29) is 12.0 Å². The van der Waals surface area contributed by atoms with Gasteiger partial charge in [0.15, 0.2) is 5.78 Å². The van der Waals surface area contributed by atoms with Crippen molar-refractivity contribution in [3.8, 4) is 0 Å². The van der Waals surface area contributed by atoms with E-state index in [4.69, 9.17) is 0 Å². The molecule has 0 heterocycles. The molecule has 0 N–H and O–H groups in total. The van der Waals surface area contributed by atoms with Gasteiger partial charge in [0, 0.05) is 0 Å². The van der Waals surface area contributed by atoms with E-state index < -0.39 is 24.1 Å². The van der Waals surface area contributed by atoms with Gasteiger partial charge in [-0.2, -0.15) is 26.3 Å². The number of carbonyl (C=O) groups excluding carboxylic acids is 1. The second-order valence-corrected chi connectivity index (χ2v) is 4.21. The third-order valence-electron chi connectivity index (χ3n) is 2.77. The van der Waals surface area contributed by atoms with Gasteiger partial charge in [0.1, 0.15) is 0 Å². The average molecular weight is 274 g/mol. The Hall–Kier alpha value is -1.01. The zero-order valence-corrected chi connectivity index (χ0v) is 9.37. The number of halogens is 6. The number of alkyl halides is 6. The molecule has 0 aliphatic heterocycles. The normalized spacial score (nSPS) is 18.5. The molecule has 1 aliphatic rings. The van der Waals surface area contributed by atoms with Crippen molar-refractivity contribution in [2.75, 3.05) is 0 Å². The van der Waals surface area contributed by atoms with Gasteiger partial charge in [0.05, 0.1) is 0 Å². The summed E-state index contributed by atoms with van der Waals surface area (Å²) in [7, 11) is 0. The Labute approximate surface area is 99.8 Å². The van der Waals surface area contributed by atoms with Gasteiger partial charge in [-0.05, 0) is 31.3 Å². The lowest BCUT2D eigenvalue weighted by atomic mass is 9.93.